The van der Waals surface area contributed by atoms with Gasteiger partial charge in [0.2, 0.25) is 0 Å². The van der Waals surface area contributed by atoms with E-state index < -0.39 is 0 Å². The normalized spacial score (nSPS) is 21.7. The number of fused-ring (bicyclic) bond motifs is 1. The van der Waals surface area contributed by atoms with E-state index in [1.54, 1.807) is 0 Å². The van der Waals surface area contributed by atoms with Crippen LogP contribution in [0.2, 0.25) is 0 Å². The van der Waals surface area contributed by atoms with Gasteiger partial charge >= 0.3 is 0 Å². The predicted molar refractivity (Wildman–Crippen MR) is 85.8 cm³/mol. The molecule has 102 valence electrons. The van der Waals surface area contributed by atoms with Crippen molar-refractivity contribution in [1.29, 1.82) is 0 Å². The van der Waals surface area contributed by atoms with Crippen LogP contribution < -0.4 is 5.32 Å². The number of nitrogens with zero attached hydrogens (tertiary/aromatic N) is 1. The summed E-state index contributed by atoms with van der Waals surface area (Å²) in [4.78, 5) is 4.78. The largest absolute Gasteiger partial charge is 0.316 e. The molecule has 1 fully saturated rings. The number of piperidine rings is 1. The second-order valence-electron chi connectivity index (χ2n) is 5.51. The summed E-state index contributed by atoms with van der Waals surface area (Å²) in [5.74, 6) is 1.53. The molecule has 0 saturated carbocycles. The molecule has 1 aliphatic rings. The molecule has 0 aliphatic carbocycles. The Balaban J connectivity index is 1.73. The van der Waals surface area contributed by atoms with Crippen LogP contribution in [-0.4, -0.2) is 18.1 Å². The SMILES string of the molecule is CC(Cc1nc2cc(Br)ccc2s1)C1CCCNC1. The van der Waals surface area contributed by atoms with E-state index in [1.807, 2.05) is 11.3 Å². The van der Waals surface area contributed by atoms with Crippen molar-refractivity contribution < 1.29 is 0 Å². The van der Waals surface area contributed by atoms with Crippen molar-refractivity contribution in [3.05, 3.63) is 27.7 Å². The molecule has 2 unspecified atom stereocenters. The number of benzene rings is 1. The number of thiazole rings is 1. The summed E-state index contributed by atoms with van der Waals surface area (Å²) < 4.78 is 2.41. The maximum Gasteiger partial charge on any atom is 0.0941 e. The Morgan fingerprint density at radius 1 is 1.53 bits per heavy atom. The molecule has 1 saturated heterocycles. The fourth-order valence-corrected chi connectivity index (χ4v) is 4.28. The van der Waals surface area contributed by atoms with Gasteiger partial charge in [-0.2, -0.15) is 0 Å². The summed E-state index contributed by atoms with van der Waals surface area (Å²) in [5, 5.41) is 4.80. The molecule has 1 aromatic carbocycles. The van der Waals surface area contributed by atoms with Gasteiger partial charge < -0.3 is 5.32 Å². The minimum absolute atomic E-state index is 0.719. The van der Waals surface area contributed by atoms with E-state index in [0.29, 0.717) is 0 Å². The lowest BCUT2D eigenvalue weighted by molar-refractivity contribution is 0.279. The third-order valence-corrected chi connectivity index (χ3v) is 5.58. The first kappa shape index (κ1) is 13.5. The van der Waals surface area contributed by atoms with Gasteiger partial charge in [0.05, 0.1) is 15.2 Å². The molecule has 1 aromatic heterocycles. The fourth-order valence-electron chi connectivity index (χ4n) is 2.84. The topological polar surface area (TPSA) is 24.9 Å². The van der Waals surface area contributed by atoms with Gasteiger partial charge in [-0.3, -0.25) is 0 Å². The van der Waals surface area contributed by atoms with Crippen molar-refractivity contribution in [2.45, 2.75) is 26.2 Å². The number of hydrogen-bond acceptors (Lipinski definition) is 3. The molecule has 0 amide bonds. The first-order chi connectivity index (χ1) is 9.22. The third-order valence-electron chi connectivity index (χ3n) is 4.03. The van der Waals surface area contributed by atoms with Crippen LogP contribution in [0, 0.1) is 11.8 Å². The summed E-state index contributed by atoms with van der Waals surface area (Å²) in [6.45, 7) is 4.75. The zero-order valence-electron chi connectivity index (χ0n) is 11.2. The molecule has 0 spiro atoms. The number of nitrogens with one attached hydrogen (secondary N) is 1. The monoisotopic (exact) mass is 338 g/mol. The molecular formula is C15H19BrN2S. The Morgan fingerprint density at radius 3 is 3.21 bits per heavy atom. The molecule has 2 atom stereocenters. The average molecular weight is 339 g/mol. The van der Waals surface area contributed by atoms with Crippen molar-refractivity contribution in [3.8, 4) is 0 Å². The van der Waals surface area contributed by atoms with Gasteiger partial charge in [0.15, 0.2) is 0 Å². The molecule has 2 heterocycles. The molecule has 2 aromatic rings. The van der Waals surface area contributed by atoms with E-state index >= 15 is 0 Å². The lowest BCUT2D eigenvalue weighted by Crippen LogP contribution is -2.33. The second-order valence-corrected chi connectivity index (χ2v) is 7.54. The minimum atomic E-state index is 0.719. The summed E-state index contributed by atoms with van der Waals surface area (Å²) in [7, 11) is 0. The highest BCUT2D eigenvalue weighted by Crippen LogP contribution is 2.29. The number of aromatic nitrogens is 1. The highest BCUT2D eigenvalue weighted by Gasteiger charge is 2.21. The molecule has 0 radical (unpaired) electrons. The van der Waals surface area contributed by atoms with Crippen molar-refractivity contribution in [2.75, 3.05) is 13.1 Å². The molecule has 1 aliphatic heterocycles. The highest BCUT2D eigenvalue weighted by atomic mass is 79.9. The fraction of sp³-hybridized carbons (Fsp3) is 0.533. The zero-order chi connectivity index (χ0) is 13.2. The van der Waals surface area contributed by atoms with Gasteiger partial charge in [-0.05, 0) is 56.0 Å². The second kappa shape index (κ2) is 5.90. The van der Waals surface area contributed by atoms with Gasteiger partial charge in [-0.15, -0.1) is 11.3 Å². The molecule has 1 N–H and O–H groups in total. The van der Waals surface area contributed by atoms with Gasteiger partial charge in [-0.1, -0.05) is 22.9 Å². The summed E-state index contributed by atoms with van der Waals surface area (Å²) in [6, 6.07) is 6.37. The van der Waals surface area contributed by atoms with Gasteiger partial charge in [0.1, 0.15) is 0 Å². The minimum Gasteiger partial charge on any atom is -0.316 e. The maximum absolute atomic E-state index is 4.78. The molecule has 0 bridgehead atoms. The van der Waals surface area contributed by atoms with E-state index in [9.17, 15) is 0 Å². The van der Waals surface area contributed by atoms with Crippen LogP contribution in [-0.2, 0) is 6.42 Å². The lowest BCUT2D eigenvalue weighted by Gasteiger charge is -2.27. The van der Waals surface area contributed by atoms with E-state index in [2.05, 4.69) is 46.4 Å². The van der Waals surface area contributed by atoms with Crippen LogP contribution >= 0.6 is 27.3 Å². The Morgan fingerprint density at radius 2 is 2.42 bits per heavy atom. The molecular weight excluding hydrogens is 320 g/mol. The molecule has 4 heteroatoms. The average Bonchev–Trinajstić information content (AvgIpc) is 2.81. The standard InChI is InChI=1S/C15H19BrN2S/c1-10(11-3-2-6-17-9-11)7-15-18-13-8-12(16)4-5-14(13)19-15/h4-5,8,10-11,17H,2-3,6-7,9H2,1H3. The predicted octanol–water partition coefficient (Wildman–Crippen LogP) is 4.24. The quantitative estimate of drug-likeness (QED) is 0.905. The van der Waals surface area contributed by atoms with Crippen LogP contribution in [0.3, 0.4) is 0 Å². The first-order valence-corrected chi connectivity index (χ1v) is 8.59. The summed E-state index contributed by atoms with van der Waals surface area (Å²) in [6.07, 6.45) is 3.80. The van der Waals surface area contributed by atoms with E-state index in [-0.39, 0.29) is 0 Å². The van der Waals surface area contributed by atoms with E-state index in [0.717, 1.165) is 28.2 Å². The molecule has 2 nitrogen and oxygen atoms in total. The highest BCUT2D eigenvalue weighted by molar-refractivity contribution is 9.10. The van der Waals surface area contributed by atoms with E-state index in [1.165, 1.54) is 35.6 Å². The zero-order valence-corrected chi connectivity index (χ0v) is 13.6. The number of hydrogen-bond donors (Lipinski definition) is 1. The Bertz CT molecular complexity index is 560. The van der Waals surface area contributed by atoms with Crippen LogP contribution in [0.25, 0.3) is 10.2 Å². The summed E-state index contributed by atoms with van der Waals surface area (Å²) >= 11 is 5.36. The van der Waals surface area contributed by atoms with Crippen molar-refractivity contribution in [1.82, 2.24) is 10.3 Å². The van der Waals surface area contributed by atoms with Crippen LogP contribution in [0.5, 0.6) is 0 Å². The first-order valence-electron chi connectivity index (χ1n) is 6.98. The van der Waals surface area contributed by atoms with Gasteiger partial charge in [-0.25, -0.2) is 4.98 Å². The van der Waals surface area contributed by atoms with Crippen LogP contribution in [0.15, 0.2) is 22.7 Å². The molecule has 19 heavy (non-hydrogen) atoms. The number of halogens is 1. The maximum atomic E-state index is 4.78. The van der Waals surface area contributed by atoms with Gasteiger partial charge in [0.25, 0.3) is 0 Å². The molecule has 3 rings (SSSR count). The van der Waals surface area contributed by atoms with Crippen LogP contribution in [0.4, 0.5) is 0 Å². The van der Waals surface area contributed by atoms with Crippen molar-refractivity contribution in [2.24, 2.45) is 11.8 Å². The smallest absolute Gasteiger partial charge is 0.0941 e. The Kier molecular flexibility index (Phi) is 4.20. The Labute approximate surface area is 126 Å². The summed E-state index contributed by atoms with van der Waals surface area (Å²) in [5.41, 5.74) is 1.13. The van der Waals surface area contributed by atoms with E-state index in [4.69, 9.17) is 4.98 Å². The van der Waals surface area contributed by atoms with Gasteiger partial charge in [0, 0.05) is 10.9 Å². The Hall–Kier alpha value is -0.450. The number of rotatable bonds is 3. The van der Waals surface area contributed by atoms with Crippen molar-refractivity contribution in [3.63, 3.8) is 0 Å². The third kappa shape index (κ3) is 3.18. The lowest BCUT2D eigenvalue weighted by atomic mass is 9.86. The van der Waals surface area contributed by atoms with Crippen LogP contribution in [0.1, 0.15) is 24.8 Å². The van der Waals surface area contributed by atoms with Crippen molar-refractivity contribution >= 4 is 37.5 Å².